The molecule has 7 heteroatoms. The second kappa shape index (κ2) is 5.81. The highest BCUT2D eigenvalue weighted by Gasteiger charge is 2.18. The molecule has 0 saturated heterocycles. The number of oxime groups is 1. The van der Waals surface area contributed by atoms with Gasteiger partial charge >= 0.3 is 0 Å². The Morgan fingerprint density at radius 2 is 2.22 bits per heavy atom. The van der Waals surface area contributed by atoms with Crippen LogP contribution in [-0.4, -0.2) is 17.0 Å². The number of aryl methyl sites for hydroxylation is 1. The Labute approximate surface area is 112 Å². The molecule has 0 bridgehead atoms. The van der Waals surface area contributed by atoms with Crippen molar-refractivity contribution < 1.29 is 14.4 Å². The van der Waals surface area contributed by atoms with Gasteiger partial charge in [0.2, 0.25) is 5.91 Å². The Hall–Kier alpha value is -1.63. The Morgan fingerprint density at radius 3 is 2.78 bits per heavy atom. The topological polar surface area (TPSA) is 87.7 Å². The van der Waals surface area contributed by atoms with Gasteiger partial charge < -0.3 is 16.3 Å². The standard InChI is InChI=1S/C11H13BrFN3O2/c1-5-3-7(12)8(13)4-9(5)15-11(17)6(2)10(14)16-18/h3-4,6,18H,1-2H3,(H2,14,16)(H,15,17). The second-order valence-corrected chi connectivity index (χ2v) is 4.67. The predicted octanol–water partition coefficient (Wildman–Crippen LogP) is 2.22. The van der Waals surface area contributed by atoms with E-state index in [1.54, 1.807) is 13.0 Å². The van der Waals surface area contributed by atoms with E-state index in [0.29, 0.717) is 15.7 Å². The highest BCUT2D eigenvalue weighted by atomic mass is 79.9. The van der Waals surface area contributed by atoms with Gasteiger partial charge in [0.05, 0.1) is 10.4 Å². The van der Waals surface area contributed by atoms with Gasteiger partial charge in [-0.2, -0.15) is 0 Å². The van der Waals surface area contributed by atoms with Gasteiger partial charge in [-0.3, -0.25) is 4.79 Å². The summed E-state index contributed by atoms with van der Waals surface area (Å²) >= 11 is 3.05. The van der Waals surface area contributed by atoms with Crippen LogP contribution in [0.15, 0.2) is 21.8 Å². The fourth-order valence-corrected chi connectivity index (χ4v) is 1.70. The summed E-state index contributed by atoms with van der Waals surface area (Å²) in [6.45, 7) is 3.21. The molecule has 0 saturated carbocycles. The van der Waals surface area contributed by atoms with Crippen LogP contribution >= 0.6 is 15.9 Å². The number of nitrogens with two attached hydrogens (primary N) is 1. The van der Waals surface area contributed by atoms with Crippen LogP contribution in [-0.2, 0) is 4.79 Å². The molecule has 0 radical (unpaired) electrons. The first kappa shape index (κ1) is 14.4. The number of anilines is 1. The third kappa shape index (κ3) is 3.19. The summed E-state index contributed by atoms with van der Waals surface area (Å²) < 4.78 is 13.7. The van der Waals surface area contributed by atoms with Crippen molar-refractivity contribution in [3.8, 4) is 0 Å². The van der Waals surface area contributed by atoms with Gasteiger partial charge in [-0.05, 0) is 47.5 Å². The molecule has 5 nitrogen and oxygen atoms in total. The minimum Gasteiger partial charge on any atom is -0.409 e. The van der Waals surface area contributed by atoms with Crippen LogP contribution in [0.4, 0.5) is 10.1 Å². The highest BCUT2D eigenvalue weighted by Crippen LogP contribution is 2.24. The third-order valence-electron chi connectivity index (χ3n) is 2.48. The molecule has 0 aliphatic rings. The Balaban J connectivity index is 2.92. The monoisotopic (exact) mass is 317 g/mol. The van der Waals surface area contributed by atoms with Crippen LogP contribution in [0, 0.1) is 18.7 Å². The van der Waals surface area contributed by atoms with Gasteiger partial charge in [0.15, 0.2) is 5.84 Å². The van der Waals surface area contributed by atoms with Crippen molar-refractivity contribution in [1.82, 2.24) is 0 Å². The van der Waals surface area contributed by atoms with Crippen molar-refractivity contribution >= 4 is 33.4 Å². The summed E-state index contributed by atoms with van der Waals surface area (Å²) in [4.78, 5) is 11.7. The van der Waals surface area contributed by atoms with Crippen molar-refractivity contribution in [1.29, 1.82) is 0 Å². The van der Waals surface area contributed by atoms with Crippen LogP contribution in [0.1, 0.15) is 12.5 Å². The number of nitrogens with one attached hydrogen (secondary N) is 1. The highest BCUT2D eigenvalue weighted by molar-refractivity contribution is 9.10. The molecule has 0 aliphatic carbocycles. The first-order valence-electron chi connectivity index (χ1n) is 5.10. The number of amides is 1. The third-order valence-corrected chi connectivity index (χ3v) is 3.09. The summed E-state index contributed by atoms with van der Waals surface area (Å²) in [6.07, 6.45) is 0. The number of rotatable bonds is 3. The summed E-state index contributed by atoms with van der Waals surface area (Å²) in [5, 5.41) is 13.8. The summed E-state index contributed by atoms with van der Waals surface area (Å²) in [5.41, 5.74) is 6.36. The minimum absolute atomic E-state index is 0.206. The molecule has 0 heterocycles. The van der Waals surface area contributed by atoms with E-state index in [2.05, 4.69) is 26.4 Å². The molecule has 0 spiro atoms. The van der Waals surface area contributed by atoms with E-state index in [1.165, 1.54) is 13.0 Å². The zero-order valence-electron chi connectivity index (χ0n) is 9.87. The number of hydrogen-bond donors (Lipinski definition) is 3. The lowest BCUT2D eigenvalue weighted by molar-refractivity contribution is -0.117. The molecule has 1 aromatic carbocycles. The van der Waals surface area contributed by atoms with Gasteiger partial charge in [0.1, 0.15) is 5.82 Å². The number of benzene rings is 1. The lowest BCUT2D eigenvalue weighted by Gasteiger charge is -2.13. The van der Waals surface area contributed by atoms with Crippen LogP contribution in [0.25, 0.3) is 0 Å². The van der Waals surface area contributed by atoms with Crippen LogP contribution in [0.5, 0.6) is 0 Å². The van der Waals surface area contributed by atoms with Crippen LogP contribution < -0.4 is 11.1 Å². The molecule has 0 aromatic heterocycles. The lowest BCUT2D eigenvalue weighted by atomic mass is 10.1. The molecule has 1 aromatic rings. The van der Waals surface area contributed by atoms with Crippen LogP contribution in [0.2, 0.25) is 0 Å². The van der Waals surface area contributed by atoms with Gasteiger partial charge in [0.25, 0.3) is 0 Å². The van der Waals surface area contributed by atoms with Crippen molar-refractivity contribution in [2.24, 2.45) is 16.8 Å². The van der Waals surface area contributed by atoms with Gasteiger partial charge in [-0.1, -0.05) is 5.16 Å². The van der Waals surface area contributed by atoms with Crippen molar-refractivity contribution in [2.75, 3.05) is 5.32 Å². The molecule has 0 aliphatic heterocycles. The molecule has 4 N–H and O–H groups in total. The average molecular weight is 318 g/mol. The minimum atomic E-state index is -0.805. The predicted molar refractivity (Wildman–Crippen MR) is 70.0 cm³/mol. The number of carbonyl (C=O) groups excluding carboxylic acids is 1. The normalized spacial score (nSPS) is 13.2. The van der Waals surface area contributed by atoms with E-state index < -0.39 is 17.6 Å². The second-order valence-electron chi connectivity index (χ2n) is 3.82. The average Bonchev–Trinajstić information content (AvgIpc) is 2.33. The zero-order valence-corrected chi connectivity index (χ0v) is 11.5. The van der Waals surface area contributed by atoms with E-state index >= 15 is 0 Å². The van der Waals surface area contributed by atoms with Gasteiger partial charge in [0, 0.05) is 5.69 Å². The van der Waals surface area contributed by atoms with E-state index in [0.717, 1.165) is 0 Å². The molecular weight excluding hydrogens is 305 g/mol. The molecule has 98 valence electrons. The number of carbonyl (C=O) groups is 1. The molecule has 1 rings (SSSR count). The maximum Gasteiger partial charge on any atom is 0.234 e. The Kier molecular flexibility index (Phi) is 4.66. The van der Waals surface area contributed by atoms with Crippen molar-refractivity contribution in [3.63, 3.8) is 0 Å². The SMILES string of the molecule is Cc1cc(Br)c(F)cc1NC(=O)C(C)/C(N)=N/O. The molecular formula is C11H13BrFN3O2. The molecule has 1 unspecified atom stereocenters. The molecule has 18 heavy (non-hydrogen) atoms. The fraction of sp³-hybridized carbons (Fsp3) is 0.273. The molecule has 0 fully saturated rings. The quantitative estimate of drug-likeness (QED) is 0.346. The van der Waals surface area contributed by atoms with Gasteiger partial charge in [-0.15, -0.1) is 0 Å². The fourth-order valence-electron chi connectivity index (χ4n) is 1.24. The van der Waals surface area contributed by atoms with Crippen molar-refractivity contribution in [2.45, 2.75) is 13.8 Å². The molecule has 1 amide bonds. The largest absolute Gasteiger partial charge is 0.409 e. The van der Waals surface area contributed by atoms with E-state index in [9.17, 15) is 9.18 Å². The van der Waals surface area contributed by atoms with E-state index in [4.69, 9.17) is 10.9 Å². The van der Waals surface area contributed by atoms with E-state index in [-0.39, 0.29) is 5.84 Å². The zero-order chi connectivity index (χ0) is 13.9. The maximum absolute atomic E-state index is 13.3. The summed E-state index contributed by atoms with van der Waals surface area (Å²) in [6, 6.07) is 2.76. The lowest BCUT2D eigenvalue weighted by Crippen LogP contribution is -2.32. The first-order chi connectivity index (χ1) is 8.36. The smallest absolute Gasteiger partial charge is 0.234 e. The van der Waals surface area contributed by atoms with E-state index in [1.807, 2.05) is 0 Å². The summed E-state index contributed by atoms with van der Waals surface area (Å²) in [5.74, 6) is -1.97. The number of nitrogens with zero attached hydrogens (tertiary/aromatic N) is 1. The molecule has 1 atom stereocenters. The van der Waals surface area contributed by atoms with Crippen molar-refractivity contribution in [3.05, 3.63) is 28.0 Å². The maximum atomic E-state index is 13.3. The Morgan fingerprint density at radius 1 is 1.61 bits per heavy atom. The summed E-state index contributed by atoms with van der Waals surface area (Å²) in [7, 11) is 0. The number of halogens is 2. The number of amidine groups is 1. The first-order valence-corrected chi connectivity index (χ1v) is 5.90. The van der Waals surface area contributed by atoms with Crippen LogP contribution in [0.3, 0.4) is 0 Å². The Bertz CT molecular complexity index is 505. The number of hydrogen-bond acceptors (Lipinski definition) is 3. The van der Waals surface area contributed by atoms with Gasteiger partial charge in [-0.25, -0.2) is 4.39 Å².